The van der Waals surface area contributed by atoms with Gasteiger partial charge >= 0.3 is 6.36 Å². The zero-order valence-electron chi connectivity index (χ0n) is 12.5. The van der Waals surface area contributed by atoms with Crippen molar-refractivity contribution in [1.82, 2.24) is 0 Å². The minimum absolute atomic E-state index is 0.264. The lowest BCUT2D eigenvalue weighted by Gasteiger charge is -2.13. The predicted molar refractivity (Wildman–Crippen MR) is 81.8 cm³/mol. The van der Waals surface area contributed by atoms with Crippen molar-refractivity contribution in [2.24, 2.45) is 0 Å². The molecule has 0 atom stereocenters. The number of para-hydroxylation sites is 1. The van der Waals surface area contributed by atoms with Gasteiger partial charge in [0.2, 0.25) is 5.91 Å². The molecule has 5 nitrogen and oxygen atoms in total. The van der Waals surface area contributed by atoms with Crippen LogP contribution in [0.25, 0.3) is 0 Å². The van der Waals surface area contributed by atoms with Gasteiger partial charge in [-0.3, -0.25) is 9.59 Å². The van der Waals surface area contributed by atoms with Crippen LogP contribution >= 0.6 is 0 Å². The van der Waals surface area contributed by atoms with Gasteiger partial charge in [0.25, 0.3) is 5.91 Å². The van der Waals surface area contributed by atoms with Crippen molar-refractivity contribution in [3.63, 3.8) is 0 Å². The minimum Gasteiger partial charge on any atom is -0.405 e. The number of hydrogen-bond acceptors (Lipinski definition) is 3. The molecule has 2 amide bonds. The summed E-state index contributed by atoms with van der Waals surface area (Å²) in [6.45, 7) is 1.33. The fourth-order valence-electron chi connectivity index (χ4n) is 1.94. The lowest BCUT2D eigenvalue weighted by molar-refractivity contribution is -0.274. The van der Waals surface area contributed by atoms with Gasteiger partial charge in [-0.1, -0.05) is 18.2 Å². The number of benzene rings is 2. The normalized spacial score (nSPS) is 10.8. The lowest BCUT2D eigenvalue weighted by Crippen LogP contribution is -2.20. The van der Waals surface area contributed by atoms with Crippen LogP contribution < -0.4 is 15.4 Å². The molecule has 2 aromatic rings. The van der Waals surface area contributed by atoms with E-state index in [1.807, 2.05) is 0 Å². The maximum Gasteiger partial charge on any atom is 0.573 e. The van der Waals surface area contributed by atoms with E-state index >= 15 is 0 Å². The Hall–Kier alpha value is -3.03. The van der Waals surface area contributed by atoms with E-state index in [0.717, 1.165) is 6.07 Å². The summed E-state index contributed by atoms with van der Waals surface area (Å²) in [5.41, 5.74) is 0.493. The highest BCUT2D eigenvalue weighted by molar-refractivity contribution is 6.06. The monoisotopic (exact) mass is 338 g/mol. The zero-order chi connectivity index (χ0) is 17.7. The number of halogens is 3. The van der Waals surface area contributed by atoms with Crippen molar-refractivity contribution in [2.75, 3.05) is 10.6 Å². The number of carbonyl (C=O) groups is 2. The number of hydrogen-bond donors (Lipinski definition) is 2. The fourth-order valence-corrected chi connectivity index (χ4v) is 1.94. The highest BCUT2D eigenvalue weighted by atomic mass is 19.4. The largest absolute Gasteiger partial charge is 0.573 e. The topological polar surface area (TPSA) is 67.4 Å². The van der Waals surface area contributed by atoms with Crippen molar-refractivity contribution in [1.29, 1.82) is 0 Å². The molecular weight excluding hydrogens is 325 g/mol. The smallest absolute Gasteiger partial charge is 0.405 e. The SMILES string of the molecule is CC(=O)Nc1cccc(NC(=O)c2ccccc2OC(F)(F)F)c1. The second kappa shape index (κ2) is 7.03. The molecule has 0 aliphatic heterocycles. The number of ether oxygens (including phenoxy) is 1. The van der Waals surface area contributed by atoms with Crippen LogP contribution in [-0.4, -0.2) is 18.2 Å². The number of nitrogens with one attached hydrogen (secondary N) is 2. The van der Waals surface area contributed by atoms with Crippen LogP contribution in [-0.2, 0) is 4.79 Å². The molecule has 0 aromatic heterocycles. The van der Waals surface area contributed by atoms with Gasteiger partial charge < -0.3 is 15.4 Å². The standard InChI is InChI=1S/C16H13F3N2O3/c1-10(22)20-11-5-4-6-12(9-11)21-15(23)13-7-2-3-8-14(13)24-16(17,18)19/h2-9H,1H3,(H,20,22)(H,21,23). The lowest BCUT2D eigenvalue weighted by atomic mass is 10.2. The number of amides is 2. The molecule has 0 saturated heterocycles. The van der Waals surface area contributed by atoms with Crippen LogP contribution in [0.2, 0.25) is 0 Å². The van der Waals surface area contributed by atoms with Gasteiger partial charge in [-0.05, 0) is 30.3 Å². The van der Waals surface area contributed by atoms with Crippen LogP contribution in [0.1, 0.15) is 17.3 Å². The molecule has 0 saturated carbocycles. The van der Waals surface area contributed by atoms with Crippen molar-refractivity contribution in [3.05, 3.63) is 54.1 Å². The van der Waals surface area contributed by atoms with Crippen molar-refractivity contribution in [3.8, 4) is 5.75 Å². The first-order chi connectivity index (χ1) is 11.2. The number of rotatable bonds is 4. The summed E-state index contributed by atoms with van der Waals surface area (Å²) in [5.74, 6) is -1.65. The van der Waals surface area contributed by atoms with Crippen LogP contribution in [0.3, 0.4) is 0 Å². The molecule has 0 heterocycles. The van der Waals surface area contributed by atoms with Gasteiger partial charge in [-0.15, -0.1) is 13.2 Å². The summed E-state index contributed by atoms with van der Waals surface area (Å²) >= 11 is 0. The molecule has 24 heavy (non-hydrogen) atoms. The highest BCUT2D eigenvalue weighted by Gasteiger charge is 2.32. The quantitative estimate of drug-likeness (QED) is 0.891. The molecule has 0 spiro atoms. The molecule has 0 aliphatic carbocycles. The van der Waals surface area contributed by atoms with Gasteiger partial charge in [-0.2, -0.15) is 0 Å². The summed E-state index contributed by atoms with van der Waals surface area (Å²) in [5, 5.41) is 5.00. The van der Waals surface area contributed by atoms with Crippen LogP contribution in [0.4, 0.5) is 24.5 Å². The van der Waals surface area contributed by atoms with Gasteiger partial charge in [0.05, 0.1) is 5.56 Å². The second-order valence-corrected chi connectivity index (χ2v) is 4.76. The van der Waals surface area contributed by atoms with Gasteiger partial charge in [0.15, 0.2) is 0 Å². The van der Waals surface area contributed by atoms with Crippen molar-refractivity contribution >= 4 is 23.2 Å². The number of alkyl halides is 3. The van der Waals surface area contributed by atoms with Crippen LogP contribution in [0.15, 0.2) is 48.5 Å². The average molecular weight is 338 g/mol. The van der Waals surface area contributed by atoms with Gasteiger partial charge in [0.1, 0.15) is 5.75 Å². The van der Waals surface area contributed by atoms with Crippen molar-refractivity contribution < 1.29 is 27.5 Å². The predicted octanol–water partition coefficient (Wildman–Crippen LogP) is 3.80. The Balaban J connectivity index is 2.20. The molecule has 0 fully saturated rings. The fraction of sp³-hybridized carbons (Fsp3) is 0.125. The Labute approximate surface area is 135 Å². The van der Waals surface area contributed by atoms with E-state index in [4.69, 9.17) is 0 Å². The first-order valence-corrected chi connectivity index (χ1v) is 6.78. The van der Waals surface area contributed by atoms with Crippen LogP contribution in [0, 0.1) is 0 Å². The summed E-state index contributed by atoms with van der Waals surface area (Å²) in [7, 11) is 0. The zero-order valence-corrected chi connectivity index (χ0v) is 12.5. The molecular formula is C16H13F3N2O3. The Bertz CT molecular complexity index is 760. The van der Waals surface area contributed by atoms with E-state index in [1.165, 1.54) is 37.3 Å². The van der Waals surface area contributed by atoms with E-state index in [0.29, 0.717) is 11.4 Å². The number of anilines is 2. The second-order valence-electron chi connectivity index (χ2n) is 4.76. The van der Waals surface area contributed by atoms with Gasteiger partial charge in [-0.25, -0.2) is 0 Å². The van der Waals surface area contributed by atoms with Gasteiger partial charge in [0, 0.05) is 18.3 Å². The Kier molecular flexibility index (Phi) is 5.08. The highest BCUT2D eigenvalue weighted by Crippen LogP contribution is 2.27. The Morgan fingerprint density at radius 2 is 1.58 bits per heavy atom. The Morgan fingerprint density at radius 1 is 0.958 bits per heavy atom. The van der Waals surface area contributed by atoms with E-state index in [2.05, 4.69) is 15.4 Å². The molecule has 0 bridgehead atoms. The molecule has 2 aromatic carbocycles. The van der Waals surface area contributed by atoms with E-state index < -0.39 is 18.0 Å². The molecule has 2 rings (SSSR count). The third kappa shape index (κ3) is 5.01. The molecule has 0 aliphatic rings. The average Bonchev–Trinajstić information content (AvgIpc) is 2.45. The summed E-state index contributed by atoms with van der Waals surface area (Å²) in [6, 6.07) is 11.2. The third-order valence-corrected chi connectivity index (χ3v) is 2.80. The molecule has 0 unspecified atom stereocenters. The van der Waals surface area contributed by atoms with Crippen LogP contribution in [0.5, 0.6) is 5.75 Å². The summed E-state index contributed by atoms with van der Waals surface area (Å²) < 4.78 is 41.0. The molecule has 0 radical (unpaired) electrons. The maximum absolute atomic E-state index is 12.4. The minimum atomic E-state index is -4.90. The van der Waals surface area contributed by atoms with E-state index in [-0.39, 0.29) is 11.5 Å². The molecule has 126 valence electrons. The molecule has 8 heteroatoms. The summed E-state index contributed by atoms with van der Waals surface area (Å²) in [4.78, 5) is 23.2. The first kappa shape index (κ1) is 17.3. The maximum atomic E-state index is 12.4. The summed E-state index contributed by atoms with van der Waals surface area (Å²) in [6.07, 6.45) is -4.90. The van der Waals surface area contributed by atoms with E-state index in [9.17, 15) is 22.8 Å². The number of carbonyl (C=O) groups excluding carboxylic acids is 2. The first-order valence-electron chi connectivity index (χ1n) is 6.78. The van der Waals surface area contributed by atoms with E-state index in [1.54, 1.807) is 12.1 Å². The van der Waals surface area contributed by atoms with Crippen molar-refractivity contribution in [2.45, 2.75) is 13.3 Å². The Morgan fingerprint density at radius 3 is 2.21 bits per heavy atom. The third-order valence-electron chi connectivity index (χ3n) is 2.80. The molecule has 2 N–H and O–H groups in total.